The van der Waals surface area contributed by atoms with Gasteiger partial charge in [-0.25, -0.2) is 8.42 Å². The number of unbranched alkanes of at least 4 members (excludes halogenated alkanes) is 1. The lowest BCUT2D eigenvalue weighted by Gasteiger charge is -2.30. The fourth-order valence-corrected chi connectivity index (χ4v) is 3.51. The highest BCUT2D eigenvalue weighted by molar-refractivity contribution is 7.90. The topological polar surface area (TPSA) is 84.5 Å². The van der Waals surface area contributed by atoms with Crippen LogP contribution in [-0.2, 0) is 14.6 Å². The highest BCUT2D eigenvalue weighted by Gasteiger charge is 2.21. The number of piperidine rings is 1. The molecule has 0 aromatic heterocycles. The predicted octanol–water partition coefficient (Wildman–Crippen LogP) is 2.32. The van der Waals surface area contributed by atoms with Gasteiger partial charge in [-0.1, -0.05) is 0 Å². The van der Waals surface area contributed by atoms with E-state index >= 15 is 0 Å². The van der Waals surface area contributed by atoms with Gasteiger partial charge in [-0.05, 0) is 63.4 Å². The Bertz CT molecular complexity index is 664. The molecule has 0 bridgehead atoms. The van der Waals surface area contributed by atoms with E-state index in [0.29, 0.717) is 24.8 Å². The Morgan fingerprint density at radius 1 is 1.27 bits per heavy atom. The van der Waals surface area contributed by atoms with Gasteiger partial charge >= 0.3 is 0 Å². The fraction of sp³-hybridized carbons (Fsp3) is 0.611. The summed E-state index contributed by atoms with van der Waals surface area (Å²) < 4.78 is 28.4. The summed E-state index contributed by atoms with van der Waals surface area (Å²) in [7, 11) is -3.18. The molecular formula is C18H29ClN2O4S. The number of ether oxygens (including phenoxy) is 1. The standard InChI is InChI=1S/C18H28N2O4S.ClH/c1-14-17(6-5-12-19-14)20-18(21)7-3-4-13-24-15-8-10-16(11-9-15)25(2,22)23;/h8-11,14,17,19H,3-7,12-13H2,1-2H3,(H,20,21);1H. The Kier molecular flexibility index (Phi) is 9.39. The first kappa shape index (κ1) is 22.7. The van der Waals surface area contributed by atoms with Crippen molar-refractivity contribution in [3.63, 3.8) is 0 Å². The number of hydrogen-bond acceptors (Lipinski definition) is 5. The van der Waals surface area contributed by atoms with Gasteiger partial charge in [-0.15, -0.1) is 12.4 Å². The molecule has 1 fully saturated rings. The van der Waals surface area contributed by atoms with Gasteiger partial charge in [0.05, 0.1) is 11.5 Å². The second kappa shape index (κ2) is 10.7. The minimum atomic E-state index is -3.18. The first-order valence-corrected chi connectivity index (χ1v) is 10.7. The van der Waals surface area contributed by atoms with Gasteiger partial charge in [-0.2, -0.15) is 0 Å². The molecule has 1 saturated heterocycles. The van der Waals surface area contributed by atoms with E-state index in [1.54, 1.807) is 12.1 Å². The molecule has 0 spiro atoms. The zero-order chi connectivity index (χ0) is 18.3. The summed E-state index contributed by atoms with van der Waals surface area (Å²) in [5, 5.41) is 6.47. The van der Waals surface area contributed by atoms with E-state index in [4.69, 9.17) is 4.74 Å². The van der Waals surface area contributed by atoms with Crippen LogP contribution < -0.4 is 15.4 Å². The summed E-state index contributed by atoms with van der Waals surface area (Å²) in [4.78, 5) is 12.3. The van der Waals surface area contributed by atoms with E-state index in [9.17, 15) is 13.2 Å². The van der Waals surface area contributed by atoms with Crippen molar-refractivity contribution in [1.29, 1.82) is 0 Å². The van der Waals surface area contributed by atoms with Crippen molar-refractivity contribution in [2.75, 3.05) is 19.4 Å². The van der Waals surface area contributed by atoms with Crippen molar-refractivity contribution in [2.24, 2.45) is 0 Å². The lowest BCUT2D eigenvalue weighted by molar-refractivity contribution is -0.122. The minimum absolute atomic E-state index is 0. The highest BCUT2D eigenvalue weighted by atomic mass is 35.5. The van der Waals surface area contributed by atoms with Gasteiger partial charge in [-0.3, -0.25) is 4.79 Å². The van der Waals surface area contributed by atoms with Crippen LogP contribution in [0.2, 0.25) is 0 Å². The van der Waals surface area contributed by atoms with Crippen molar-refractivity contribution < 1.29 is 17.9 Å². The largest absolute Gasteiger partial charge is 0.494 e. The fourth-order valence-electron chi connectivity index (χ4n) is 2.88. The van der Waals surface area contributed by atoms with Gasteiger partial charge < -0.3 is 15.4 Å². The molecule has 1 aromatic carbocycles. The van der Waals surface area contributed by atoms with Gasteiger partial charge in [0, 0.05) is 24.8 Å². The second-order valence-electron chi connectivity index (χ2n) is 6.61. The van der Waals surface area contributed by atoms with Crippen LogP contribution in [0.3, 0.4) is 0 Å². The molecule has 1 aliphatic heterocycles. The minimum Gasteiger partial charge on any atom is -0.494 e. The Morgan fingerprint density at radius 2 is 1.96 bits per heavy atom. The van der Waals surface area contributed by atoms with Gasteiger partial charge in [0.25, 0.3) is 0 Å². The number of benzene rings is 1. The molecule has 2 N–H and O–H groups in total. The van der Waals surface area contributed by atoms with Crippen LogP contribution in [0.15, 0.2) is 29.2 Å². The summed E-state index contributed by atoms with van der Waals surface area (Å²) >= 11 is 0. The Hall–Kier alpha value is -1.31. The van der Waals surface area contributed by atoms with E-state index in [0.717, 1.165) is 32.2 Å². The first-order chi connectivity index (χ1) is 11.9. The molecule has 6 nitrogen and oxygen atoms in total. The van der Waals surface area contributed by atoms with Crippen LogP contribution in [0.5, 0.6) is 5.75 Å². The molecule has 8 heteroatoms. The third-order valence-corrected chi connectivity index (χ3v) is 5.56. The smallest absolute Gasteiger partial charge is 0.220 e. The van der Waals surface area contributed by atoms with Crippen LogP contribution in [0.1, 0.15) is 39.0 Å². The molecule has 2 atom stereocenters. The van der Waals surface area contributed by atoms with E-state index in [2.05, 4.69) is 17.6 Å². The van der Waals surface area contributed by atoms with E-state index in [-0.39, 0.29) is 29.3 Å². The average molecular weight is 405 g/mol. The number of hydrogen-bond donors (Lipinski definition) is 2. The summed E-state index contributed by atoms with van der Waals surface area (Å²) in [6.45, 7) is 3.63. The number of sulfone groups is 1. The Morgan fingerprint density at radius 3 is 2.58 bits per heavy atom. The van der Waals surface area contributed by atoms with Crippen LogP contribution in [0.25, 0.3) is 0 Å². The summed E-state index contributed by atoms with van der Waals surface area (Å²) in [5.41, 5.74) is 0. The second-order valence-corrected chi connectivity index (χ2v) is 8.62. The first-order valence-electron chi connectivity index (χ1n) is 8.82. The van der Waals surface area contributed by atoms with Crippen molar-refractivity contribution >= 4 is 28.2 Å². The number of amides is 1. The average Bonchev–Trinajstić information content (AvgIpc) is 2.56. The van der Waals surface area contributed by atoms with E-state index in [1.807, 2.05) is 0 Å². The highest BCUT2D eigenvalue weighted by Crippen LogP contribution is 2.16. The molecule has 1 amide bonds. The zero-order valence-corrected chi connectivity index (χ0v) is 17.0. The van der Waals surface area contributed by atoms with Crippen molar-refractivity contribution in [2.45, 2.75) is 56.0 Å². The quantitative estimate of drug-likeness (QED) is 0.649. The molecule has 1 aliphatic rings. The maximum Gasteiger partial charge on any atom is 0.220 e. The number of rotatable bonds is 8. The number of nitrogens with one attached hydrogen (secondary N) is 2. The van der Waals surface area contributed by atoms with Crippen LogP contribution in [0.4, 0.5) is 0 Å². The summed E-state index contributed by atoms with van der Waals surface area (Å²) in [6, 6.07) is 6.94. The summed E-state index contributed by atoms with van der Waals surface area (Å²) in [5.74, 6) is 0.733. The normalized spacial score (nSPS) is 20.1. The lowest BCUT2D eigenvalue weighted by atomic mass is 9.99. The lowest BCUT2D eigenvalue weighted by Crippen LogP contribution is -2.51. The molecule has 0 aliphatic carbocycles. The van der Waals surface area contributed by atoms with Crippen LogP contribution in [-0.4, -0.2) is 45.8 Å². The molecular weight excluding hydrogens is 376 g/mol. The molecule has 0 saturated carbocycles. The molecule has 26 heavy (non-hydrogen) atoms. The van der Waals surface area contributed by atoms with Crippen molar-refractivity contribution in [3.8, 4) is 5.75 Å². The number of halogens is 1. The monoisotopic (exact) mass is 404 g/mol. The SMILES string of the molecule is CC1NCCCC1NC(=O)CCCCOc1ccc(S(C)(=O)=O)cc1.Cl. The maximum atomic E-state index is 12.0. The van der Waals surface area contributed by atoms with E-state index < -0.39 is 9.84 Å². The number of carbonyl (C=O) groups is 1. The molecule has 1 aromatic rings. The zero-order valence-electron chi connectivity index (χ0n) is 15.4. The predicted molar refractivity (Wildman–Crippen MR) is 105 cm³/mol. The molecule has 0 radical (unpaired) electrons. The van der Waals surface area contributed by atoms with E-state index in [1.165, 1.54) is 18.4 Å². The van der Waals surface area contributed by atoms with Gasteiger partial charge in [0.2, 0.25) is 5.91 Å². The van der Waals surface area contributed by atoms with Gasteiger partial charge in [0.1, 0.15) is 5.75 Å². The molecule has 2 unspecified atom stereocenters. The molecule has 1 heterocycles. The van der Waals surface area contributed by atoms with Crippen molar-refractivity contribution in [3.05, 3.63) is 24.3 Å². The van der Waals surface area contributed by atoms with Gasteiger partial charge in [0.15, 0.2) is 9.84 Å². The number of carbonyl (C=O) groups excluding carboxylic acids is 1. The van der Waals surface area contributed by atoms with Crippen molar-refractivity contribution in [1.82, 2.24) is 10.6 Å². The maximum absolute atomic E-state index is 12.0. The summed E-state index contributed by atoms with van der Waals surface area (Å²) in [6.07, 6.45) is 5.35. The third kappa shape index (κ3) is 7.51. The van der Waals surface area contributed by atoms with Crippen LogP contribution in [0, 0.1) is 0 Å². The Balaban J connectivity index is 0.00000338. The molecule has 2 rings (SSSR count). The third-order valence-electron chi connectivity index (χ3n) is 4.43. The molecule has 148 valence electrons. The van der Waals surface area contributed by atoms with Crippen LogP contribution >= 0.6 is 12.4 Å². The Labute approximate surface area is 162 Å².